The fourth-order valence-corrected chi connectivity index (χ4v) is 2.56. The number of aliphatic hydroxyl groups is 1. The third-order valence-corrected chi connectivity index (χ3v) is 3.13. The minimum atomic E-state index is -0.316. The Kier molecular flexibility index (Phi) is 1.72. The van der Waals surface area contributed by atoms with Crippen molar-refractivity contribution in [1.82, 2.24) is 0 Å². The summed E-state index contributed by atoms with van der Waals surface area (Å²) in [4.78, 5) is 11.3. The first kappa shape index (κ1) is 7.29. The van der Waals surface area contributed by atoms with Crippen molar-refractivity contribution in [2.75, 3.05) is 0 Å². The molecule has 0 saturated heterocycles. The second-order valence-electron chi connectivity index (χ2n) is 3.79. The molecular formula is C9H14O2. The first-order chi connectivity index (χ1) is 5.29. The summed E-state index contributed by atoms with van der Waals surface area (Å²) in [6.07, 6.45) is 4.53. The van der Waals surface area contributed by atoms with Crippen LogP contribution in [-0.4, -0.2) is 17.0 Å². The second-order valence-corrected chi connectivity index (χ2v) is 3.79. The van der Waals surface area contributed by atoms with Crippen molar-refractivity contribution in [1.29, 1.82) is 0 Å². The van der Waals surface area contributed by atoms with Gasteiger partial charge in [0.05, 0.1) is 6.10 Å². The monoisotopic (exact) mass is 154 g/mol. The Balaban J connectivity index is 2.14. The molecule has 0 aromatic carbocycles. The SMILES string of the molecule is O=C1CCC2CCCC(O)C12. The maximum Gasteiger partial charge on any atom is 0.138 e. The summed E-state index contributed by atoms with van der Waals surface area (Å²) in [5.74, 6) is 0.845. The summed E-state index contributed by atoms with van der Waals surface area (Å²) in [6, 6.07) is 0. The van der Waals surface area contributed by atoms with E-state index in [1.807, 2.05) is 0 Å². The number of fused-ring (bicyclic) bond motifs is 1. The first-order valence-corrected chi connectivity index (χ1v) is 4.50. The molecule has 0 aromatic rings. The van der Waals surface area contributed by atoms with Gasteiger partial charge in [-0.2, -0.15) is 0 Å². The number of hydrogen-bond donors (Lipinski definition) is 1. The van der Waals surface area contributed by atoms with E-state index in [1.165, 1.54) is 0 Å². The fourth-order valence-electron chi connectivity index (χ4n) is 2.56. The van der Waals surface area contributed by atoms with E-state index < -0.39 is 0 Å². The molecule has 2 aliphatic rings. The predicted octanol–water partition coefficient (Wildman–Crippen LogP) is 1.13. The molecule has 1 N–H and O–H groups in total. The van der Waals surface area contributed by atoms with Crippen molar-refractivity contribution in [3.05, 3.63) is 0 Å². The zero-order valence-corrected chi connectivity index (χ0v) is 6.62. The molecule has 62 valence electrons. The highest BCUT2D eigenvalue weighted by Crippen LogP contribution is 2.39. The summed E-state index contributed by atoms with van der Waals surface area (Å²) in [5, 5.41) is 9.53. The molecule has 0 heterocycles. The lowest BCUT2D eigenvalue weighted by molar-refractivity contribution is -0.125. The van der Waals surface area contributed by atoms with Gasteiger partial charge in [0.25, 0.3) is 0 Å². The molecule has 2 rings (SSSR count). The third kappa shape index (κ3) is 1.09. The van der Waals surface area contributed by atoms with Gasteiger partial charge in [0, 0.05) is 12.3 Å². The topological polar surface area (TPSA) is 37.3 Å². The molecule has 2 heteroatoms. The molecule has 2 aliphatic carbocycles. The van der Waals surface area contributed by atoms with E-state index in [0.29, 0.717) is 18.1 Å². The molecule has 11 heavy (non-hydrogen) atoms. The van der Waals surface area contributed by atoms with E-state index in [9.17, 15) is 9.90 Å². The number of rotatable bonds is 0. The highest BCUT2D eigenvalue weighted by Gasteiger charge is 2.41. The van der Waals surface area contributed by atoms with E-state index in [0.717, 1.165) is 25.7 Å². The number of carbonyl (C=O) groups excluding carboxylic acids is 1. The Morgan fingerprint density at radius 1 is 1.27 bits per heavy atom. The Morgan fingerprint density at radius 3 is 2.82 bits per heavy atom. The minimum absolute atomic E-state index is 0.0174. The third-order valence-electron chi connectivity index (χ3n) is 3.13. The molecule has 2 fully saturated rings. The molecule has 0 bridgehead atoms. The van der Waals surface area contributed by atoms with E-state index in [4.69, 9.17) is 0 Å². The number of Topliss-reactive ketones (excluding diaryl/α,β-unsaturated/α-hetero) is 1. The second kappa shape index (κ2) is 2.59. The smallest absolute Gasteiger partial charge is 0.138 e. The Bertz CT molecular complexity index is 176. The summed E-state index contributed by atoms with van der Waals surface area (Å²) in [5.41, 5.74) is 0. The molecule has 2 nitrogen and oxygen atoms in total. The molecule has 0 spiro atoms. The zero-order chi connectivity index (χ0) is 7.84. The summed E-state index contributed by atoms with van der Waals surface area (Å²) >= 11 is 0. The largest absolute Gasteiger partial charge is 0.392 e. The Labute approximate surface area is 66.6 Å². The van der Waals surface area contributed by atoms with Gasteiger partial charge in [-0.05, 0) is 25.2 Å². The first-order valence-electron chi connectivity index (χ1n) is 4.50. The van der Waals surface area contributed by atoms with Crippen LogP contribution in [0.25, 0.3) is 0 Å². The van der Waals surface area contributed by atoms with Gasteiger partial charge in [0.15, 0.2) is 0 Å². The highest BCUT2D eigenvalue weighted by molar-refractivity contribution is 5.84. The molecule has 2 saturated carbocycles. The summed E-state index contributed by atoms with van der Waals surface area (Å²) in [6.45, 7) is 0. The average molecular weight is 154 g/mol. The summed E-state index contributed by atoms with van der Waals surface area (Å²) in [7, 11) is 0. The van der Waals surface area contributed by atoms with Crippen LogP contribution in [0, 0.1) is 11.8 Å². The molecule has 3 unspecified atom stereocenters. The van der Waals surface area contributed by atoms with Crippen molar-refractivity contribution >= 4 is 5.78 Å². The van der Waals surface area contributed by atoms with Crippen LogP contribution in [0.1, 0.15) is 32.1 Å². The van der Waals surface area contributed by atoms with Crippen molar-refractivity contribution in [3.63, 3.8) is 0 Å². The van der Waals surface area contributed by atoms with Gasteiger partial charge < -0.3 is 5.11 Å². The maximum absolute atomic E-state index is 11.3. The standard InChI is InChI=1S/C9H14O2/c10-7-3-1-2-6-4-5-8(11)9(6)7/h6-7,9-10H,1-5H2. The van der Waals surface area contributed by atoms with E-state index in [1.54, 1.807) is 0 Å². The summed E-state index contributed by atoms with van der Waals surface area (Å²) < 4.78 is 0. The normalized spacial score (nSPS) is 44.1. The van der Waals surface area contributed by atoms with E-state index in [2.05, 4.69) is 0 Å². The van der Waals surface area contributed by atoms with Gasteiger partial charge in [-0.1, -0.05) is 6.42 Å². The fraction of sp³-hybridized carbons (Fsp3) is 0.889. The van der Waals surface area contributed by atoms with Crippen molar-refractivity contribution in [3.8, 4) is 0 Å². The Hall–Kier alpha value is -0.370. The molecule has 0 aliphatic heterocycles. The van der Waals surface area contributed by atoms with Crippen molar-refractivity contribution in [2.24, 2.45) is 11.8 Å². The number of hydrogen-bond acceptors (Lipinski definition) is 2. The van der Waals surface area contributed by atoms with Crippen LogP contribution < -0.4 is 0 Å². The van der Waals surface area contributed by atoms with Gasteiger partial charge in [0.2, 0.25) is 0 Å². The lowest BCUT2D eigenvalue weighted by Gasteiger charge is -2.28. The van der Waals surface area contributed by atoms with E-state index >= 15 is 0 Å². The van der Waals surface area contributed by atoms with Crippen molar-refractivity contribution in [2.45, 2.75) is 38.2 Å². The minimum Gasteiger partial charge on any atom is -0.392 e. The van der Waals surface area contributed by atoms with Crippen LogP contribution in [0.5, 0.6) is 0 Å². The van der Waals surface area contributed by atoms with Crippen LogP contribution in [0.2, 0.25) is 0 Å². The van der Waals surface area contributed by atoms with Crippen LogP contribution in [-0.2, 0) is 4.79 Å². The number of ketones is 1. The van der Waals surface area contributed by atoms with Crippen LogP contribution >= 0.6 is 0 Å². The van der Waals surface area contributed by atoms with Crippen LogP contribution in [0.4, 0.5) is 0 Å². The van der Waals surface area contributed by atoms with E-state index in [-0.39, 0.29) is 12.0 Å². The average Bonchev–Trinajstić information content (AvgIpc) is 2.34. The van der Waals surface area contributed by atoms with Gasteiger partial charge >= 0.3 is 0 Å². The zero-order valence-electron chi connectivity index (χ0n) is 6.62. The van der Waals surface area contributed by atoms with Gasteiger partial charge in [0.1, 0.15) is 5.78 Å². The van der Waals surface area contributed by atoms with Crippen molar-refractivity contribution < 1.29 is 9.90 Å². The molecule has 0 aromatic heterocycles. The maximum atomic E-state index is 11.3. The van der Waals surface area contributed by atoms with Gasteiger partial charge in [-0.25, -0.2) is 0 Å². The highest BCUT2D eigenvalue weighted by atomic mass is 16.3. The lowest BCUT2D eigenvalue weighted by Crippen LogP contribution is -2.32. The van der Waals surface area contributed by atoms with Crippen LogP contribution in [0.15, 0.2) is 0 Å². The van der Waals surface area contributed by atoms with Gasteiger partial charge in [-0.3, -0.25) is 4.79 Å². The molecule has 0 amide bonds. The number of aliphatic hydroxyl groups excluding tert-OH is 1. The molecule has 3 atom stereocenters. The van der Waals surface area contributed by atoms with Crippen LogP contribution in [0.3, 0.4) is 0 Å². The lowest BCUT2D eigenvalue weighted by atomic mass is 9.79. The molecule has 0 radical (unpaired) electrons. The predicted molar refractivity (Wildman–Crippen MR) is 41.1 cm³/mol. The Morgan fingerprint density at radius 2 is 2.09 bits per heavy atom. The number of carbonyl (C=O) groups is 1. The quantitative estimate of drug-likeness (QED) is 0.568. The molecular weight excluding hydrogens is 140 g/mol. The van der Waals surface area contributed by atoms with Gasteiger partial charge in [-0.15, -0.1) is 0 Å².